The summed E-state index contributed by atoms with van der Waals surface area (Å²) in [4.78, 5) is 0. The Bertz CT molecular complexity index is 593. The van der Waals surface area contributed by atoms with E-state index in [4.69, 9.17) is 11.6 Å². The van der Waals surface area contributed by atoms with Crippen LogP contribution in [0, 0.1) is 18.6 Å². The molecule has 0 amide bonds. The van der Waals surface area contributed by atoms with Gasteiger partial charge in [-0.1, -0.05) is 23.7 Å². The molecule has 0 spiro atoms. The number of aryl methyl sites for hydroxylation is 1. The van der Waals surface area contributed by atoms with Gasteiger partial charge >= 0.3 is 0 Å². The molecule has 0 bridgehead atoms. The largest absolute Gasteiger partial charge is 0.313 e. The van der Waals surface area contributed by atoms with E-state index in [2.05, 4.69) is 5.32 Å². The molecule has 0 saturated heterocycles. The summed E-state index contributed by atoms with van der Waals surface area (Å²) < 4.78 is 27.3. The van der Waals surface area contributed by atoms with Gasteiger partial charge in [-0.3, -0.25) is 0 Å². The third kappa shape index (κ3) is 3.17. The zero-order valence-corrected chi connectivity index (χ0v) is 12.1. The van der Waals surface area contributed by atoms with E-state index in [0.717, 1.165) is 11.1 Å². The number of hydrogen-bond donors (Lipinski definition) is 1. The number of halogens is 3. The molecule has 0 aliphatic rings. The quantitative estimate of drug-likeness (QED) is 0.880. The number of rotatable bonds is 4. The molecule has 0 saturated carbocycles. The van der Waals surface area contributed by atoms with Gasteiger partial charge in [-0.15, -0.1) is 0 Å². The summed E-state index contributed by atoms with van der Waals surface area (Å²) in [6.45, 7) is 1.91. The van der Waals surface area contributed by atoms with E-state index in [0.29, 0.717) is 17.0 Å². The predicted molar refractivity (Wildman–Crippen MR) is 78.1 cm³/mol. The third-order valence-electron chi connectivity index (χ3n) is 3.43. The molecule has 20 heavy (non-hydrogen) atoms. The lowest BCUT2D eigenvalue weighted by Gasteiger charge is -2.20. The molecule has 0 fully saturated rings. The van der Waals surface area contributed by atoms with Gasteiger partial charge in [0.05, 0.1) is 0 Å². The van der Waals surface area contributed by atoms with Crippen LogP contribution in [0.25, 0.3) is 0 Å². The van der Waals surface area contributed by atoms with Crippen LogP contribution in [-0.4, -0.2) is 7.05 Å². The zero-order chi connectivity index (χ0) is 14.7. The second kappa shape index (κ2) is 6.33. The average molecular weight is 296 g/mol. The minimum atomic E-state index is -0.356. The maximum Gasteiger partial charge on any atom is 0.129 e. The van der Waals surface area contributed by atoms with Gasteiger partial charge in [0.1, 0.15) is 11.6 Å². The summed E-state index contributed by atoms with van der Waals surface area (Å²) in [5.41, 5.74) is 2.23. The van der Waals surface area contributed by atoms with E-state index in [1.165, 1.54) is 18.2 Å². The molecular formula is C16H16ClF2N. The van der Waals surface area contributed by atoms with Gasteiger partial charge < -0.3 is 5.32 Å². The summed E-state index contributed by atoms with van der Waals surface area (Å²) in [6, 6.07) is 8.93. The first-order valence-corrected chi connectivity index (χ1v) is 6.77. The molecule has 0 aromatic heterocycles. The smallest absolute Gasteiger partial charge is 0.129 e. The highest BCUT2D eigenvalue weighted by Crippen LogP contribution is 2.29. The van der Waals surface area contributed by atoms with Gasteiger partial charge in [-0.2, -0.15) is 0 Å². The summed E-state index contributed by atoms with van der Waals surface area (Å²) in [6.07, 6.45) is 0.473. The summed E-state index contributed by atoms with van der Waals surface area (Å²) in [7, 11) is 1.74. The molecule has 4 heteroatoms. The van der Waals surface area contributed by atoms with E-state index >= 15 is 0 Å². The van der Waals surface area contributed by atoms with Crippen LogP contribution >= 0.6 is 11.6 Å². The Kier molecular flexibility index (Phi) is 4.73. The monoisotopic (exact) mass is 295 g/mol. The Morgan fingerprint density at radius 2 is 1.95 bits per heavy atom. The van der Waals surface area contributed by atoms with Crippen LogP contribution in [0.4, 0.5) is 8.78 Å². The number of likely N-dealkylation sites (N-methyl/N-ethyl adjacent to an activating group) is 1. The van der Waals surface area contributed by atoms with Crippen molar-refractivity contribution in [3.63, 3.8) is 0 Å². The van der Waals surface area contributed by atoms with Crippen LogP contribution in [0.1, 0.15) is 22.7 Å². The predicted octanol–water partition coefficient (Wildman–Crippen LogP) is 4.43. The van der Waals surface area contributed by atoms with Crippen LogP contribution in [-0.2, 0) is 6.42 Å². The molecule has 2 rings (SSSR count). The first-order valence-electron chi connectivity index (χ1n) is 6.39. The molecule has 0 aliphatic heterocycles. The van der Waals surface area contributed by atoms with Gasteiger partial charge in [0.2, 0.25) is 0 Å². The summed E-state index contributed by atoms with van der Waals surface area (Å²) in [5, 5.41) is 3.42. The molecule has 0 heterocycles. The van der Waals surface area contributed by atoms with Gasteiger partial charge in [0, 0.05) is 16.6 Å². The van der Waals surface area contributed by atoms with E-state index < -0.39 is 0 Å². The molecule has 1 nitrogen and oxygen atoms in total. The van der Waals surface area contributed by atoms with Crippen molar-refractivity contribution in [1.82, 2.24) is 5.32 Å². The van der Waals surface area contributed by atoms with Crippen LogP contribution in [0.5, 0.6) is 0 Å². The standard InChI is InChI=1S/C16H16ClF2N/c1-10-6-7-12(18)8-11(10)9-15(20-2)16-13(17)4-3-5-14(16)19/h3-8,15,20H,9H2,1-2H3. The van der Waals surface area contributed by atoms with Crippen molar-refractivity contribution in [3.05, 3.63) is 69.7 Å². The highest BCUT2D eigenvalue weighted by atomic mass is 35.5. The fourth-order valence-electron chi connectivity index (χ4n) is 2.27. The molecule has 1 unspecified atom stereocenters. The van der Waals surface area contributed by atoms with Crippen LogP contribution in [0.15, 0.2) is 36.4 Å². The van der Waals surface area contributed by atoms with Crippen LogP contribution < -0.4 is 5.32 Å². The Morgan fingerprint density at radius 3 is 2.60 bits per heavy atom. The second-order valence-electron chi connectivity index (χ2n) is 4.75. The lowest BCUT2D eigenvalue weighted by atomic mass is 9.95. The third-order valence-corrected chi connectivity index (χ3v) is 3.76. The van der Waals surface area contributed by atoms with Crippen LogP contribution in [0.3, 0.4) is 0 Å². The van der Waals surface area contributed by atoms with E-state index in [1.54, 1.807) is 25.2 Å². The van der Waals surface area contributed by atoms with Crippen molar-refractivity contribution in [1.29, 1.82) is 0 Å². The summed E-state index contributed by atoms with van der Waals surface area (Å²) >= 11 is 6.09. The zero-order valence-electron chi connectivity index (χ0n) is 11.4. The molecule has 0 radical (unpaired) electrons. The Balaban J connectivity index is 2.36. The minimum absolute atomic E-state index is 0.292. The molecule has 106 valence electrons. The minimum Gasteiger partial charge on any atom is -0.313 e. The molecule has 2 aromatic carbocycles. The first kappa shape index (κ1) is 14.9. The van der Waals surface area contributed by atoms with Gasteiger partial charge in [0.25, 0.3) is 0 Å². The highest BCUT2D eigenvalue weighted by Gasteiger charge is 2.18. The van der Waals surface area contributed by atoms with Crippen molar-refractivity contribution in [2.24, 2.45) is 0 Å². The normalized spacial score (nSPS) is 12.4. The van der Waals surface area contributed by atoms with E-state index in [-0.39, 0.29) is 17.7 Å². The molecular weight excluding hydrogens is 280 g/mol. The lowest BCUT2D eigenvalue weighted by molar-refractivity contribution is 0.531. The van der Waals surface area contributed by atoms with Crippen molar-refractivity contribution in [2.75, 3.05) is 7.05 Å². The van der Waals surface area contributed by atoms with Crippen LogP contribution in [0.2, 0.25) is 5.02 Å². The topological polar surface area (TPSA) is 12.0 Å². The van der Waals surface area contributed by atoms with E-state index in [9.17, 15) is 8.78 Å². The van der Waals surface area contributed by atoms with Crippen molar-refractivity contribution in [2.45, 2.75) is 19.4 Å². The maximum absolute atomic E-state index is 14.0. The molecule has 0 aliphatic carbocycles. The van der Waals surface area contributed by atoms with Crippen molar-refractivity contribution >= 4 is 11.6 Å². The van der Waals surface area contributed by atoms with Gasteiger partial charge in [0.15, 0.2) is 0 Å². The number of nitrogens with one attached hydrogen (secondary N) is 1. The maximum atomic E-state index is 14.0. The van der Waals surface area contributed by atoms with Gasteiger partial charge in [-0.25, -0.2) is 8.78 Å². The summed E-state index contributed by atoms with van der Waals surface area (Å²) in [5.74, 6) is -0.647. The Labute approximate surface area is 122 Å². The average Bonchev–Trinajstić information content (AvgIpc) is 2.41. The number of hydrogen-bond acceptors (Lipinski definition) is 1. The molecule has 1 atom stereocenters. The lowest BCUT2D eigenvalue weighted by Crippen LogP contribution is -2.21. The number of benzene rings is 2. The first-order chi connectivity index (χ1) is 9.52. The van der Waals surface area contributed by atoms with Crippen molar-refractivity contribution < 1.29 is 8.78 Å². The Hall–Kier alpha value is -1.45. The fraction of sp³-hybridized carbons (Fsp3) is 0.250. The second-order valence-corrected chi connectivity index (χ2v) is 5.16. The fourth-order valence-corrected chi connectivity index (χ4v) is 2.57. The SMILES string of the molecule is CNC(Cc1cc(F)ccc1C)c1c(F)cccc1Cl. The van der Waals surface area contributed by atoms with E-state index in [1.807, 2.05) is 6.92 Å². The van der Waals surface area contributed by atoms with Gasteiger partial charge in [-0.05, 0) is 55.8 Å². The highest BCUT2D eigenvalue weighted by molar-refractivity contribution is 6.31. The molecule has 1 N–H and O–H groups in total. The molecule has 2 aromatic rings. The Morgan fingerprint density at radius 1 is 1.20 bits per heavy atom. The van der Waals surface area contributed by atoms with Crippen molar-refractivity contribution in [3.8, 4) is 0 Å².